The Morgan fingerprint density at radius 2 is 2.22 bits per heavy atom. The third kappa shape index (κ3) is 2.11. The number of halogens is 1. The van der Waals surface area contributed by atoms with E-state index in [0.29, 0.717) is 11.3 Å². The van der Waals surface area contributed by atoms with E-state index in [9.17, 15) is 9.90 Å². The van der Waals surface area contributed by atoms with Gasteiger partial charge in [-0.05, 0) is 25.1 Å². The van der Waals surface area contributed by atoms with Crippen LogP contribution < -0.4 is 4.74 Å². The van der Waals surface area contributed by atoms with E-state index in [0.717, 1.165) is 4.47 Å². The largest absolute Gasteiger partial charge is 0.496 e. The van der Waals surface area contributed by atoms with Crippen LogP contribution >= 0.6 is 15.9 Å². The predicted octanol–water partition coefficient (Wildman–Crippen LogP) is 3.12. The molecule has 18 heavy (non-hydrogen) atoms. The van der Waals surface area contributed by atoms with Gasteiger partial charge in [-0.25, -0.2) is 4.79 Å². The molecule has 0 atom stereocenters. The number of carboxylic acid groups (broad SMARTS) is 1. The number of aromatic carboxylic acids is 1. The molecule has 0 aliphatic heterocycles. The zero-order chi connectivity index (χ0) is 13.3. The Kier molecular flexibility index (Phi) is 3.38. The van der Waals surface area contributed by atoms with Crippen LogP contribution in [0.4, 0.5) is 0 Å². The molecule has 1 heterocycles. The number of carbonyl (C=O) groups is 1. The SMILES string of the molecule is COc1ccc(Br)cc1-c1noc(C)c1C(=O)O. The molecule has 2 aromatic rings. The van der Waals surface area contributed by atoms with E-state index in [1.54, 1.807) is 25.1 Å². The van der Waals surface area contributed by atoms with Crippen LogP contribution in [-0.4, -0.2) is 23.3 Å². The molecule has 0 spiro atoms. The minimum absolute atomic E-state index is 0.0476. The fourth-order valence-electron chi connectivity index (χ4n) is 1.67. The summed E-state index contributed by atoms with van der Waals surface area (Å²) in [5.74, 6) is -0.278. The van der Waals surface area contributed by atoms with Crippen LogP contribution in [0, 0.1) is 6.92 Å². The number of benzene rings is 1. The van der Waals surface area contributed by atoms with E-state index in [1.165, 1.54) is 7.11 Å². The van der Waals surface area contributed by atoms with E-state index >= 15 is 0 Å². The van der Waals surface area contributed by atoms with Crippen molar-refractivity contribution in [3.05, 3.63) is 34.0 Å². The fraction of sp³-hybridized carbons (Fsp3) is 0.167. The maximum absolute atomic E-state index is 11.2. The summed E-state index contributed by atoms with van der Waals surface area (Å²) < 4.78 is 11.0. The van der Waals surface area contributed by atoms with Crippen LogP contribution in [0.3, 0.4) is 0 Å². The van der Waals surface area contributed by atoms with Gasteiger partial charge in [0, 0.05) is 10.0 Å². The van der Waals surface area contributed by atoms with Gasteiger partial charge in [0.2, 0.25) is 0 Å². The molecule has 0 radical (unpaired) electrons. The average molecular weight is 312 g/mol. The summed E-state index contributed by atoms with van der Waals surface area (Å²) in [5, 5.41) is 13.0. The van der Waals surface area contributed by atoms with Gasteiger partial charge in [-0.3, -0.25) is 0 Å². The second-order valence-corrected chi connectivity index (χ2v) is 4.53. The van der Waals surface area contributed by atoms with Crippen LogP contribution in [0.2, 0.25) is 0 Å². The molecule has 1 N–H and O–H groups in total. The molecule has 0 aliphatic carbocycles. The van der Waals surface area contributed by atoms with Crippen molar-refractivity contribution in [1.29, 1.82) is 0 Å². The van der Waals surface area contributed by atoms with Crippen molar-refractivity contribution in [1.82, 2.24) is 5.16 Å². The molecular weight excluding hydrogens is 302 g/mol. The summed E-state index contributed by atoms with van der Waals surface area (Å²) >= 11 is 3.33. The monoisotopic (exact) mass is 311 g/mol. The third-order valence-electron chi connectivity index (χ3n) is 2.49. The number of rotatable bonds is 3. The van der Waals surface area contributed by atoms with Crippen molar-refractivity contribution in [2.45, 2.75) is 6.92 Å². The first-order chi connectivity index (χ1) is 8.54. The second-order valence-electron chi connectivity index (χ2n) is 3.61. The first-order valence-corrected chi connectivity index (χ1v) is 5.87. The van der Waals surface area contributed by atoms with Crippen molar-refractivity contribution in [3.63, 3.8) is 0 Å². The van der Waals surface area contributed by atoms with Crippen molar-refractivity contribution in [2.24, 2.45) is 0 Å². The second kappa shape index (κ2) is 4.81. The number of nitrogens with zero attached hydrogens (tertiary/aromatic N) is 1. The highest BCUT2D eigenvalue weighted by atomic mass is 79.9. The fourth-order valence-corrected chi connectivity index (χ4v) is 2.03. The van der Waals surface area contributed by atoms with Gasteiger partial charge in [0.05, 0.1) is 7.11 Å². The molecular formula is C12H10BrNO4. The Hall–Kier alpha value is -1.82. The lowest BCUT2D eigenvalue weighted by atomic mass is 10.1. The summed E-state index contributed by atoms with van der Waals surface area (Å²) in [6, 6.07) is 5.27. The first kappa shape index (κ1) is 12.6. The van der Waals surface area contributed by atoms with Gasteiger partial charge in [-0.1, -0.05) is 21.1 Å². The van der Waals surface area contributed by atoms with E-state index in [1.807, 2.05) is 0 Å². The van der Waals surface area contributed by atoms with Crippen molar-refractivity contribution in [3.8, 4) is 17.0 Å². The number of carboxylic acids is 1. The number of hydrogen-bond donors (Lipinski definition) is 1. The maximum atomic E-state index is 11.2. The quantitative estimate of drug-likeness (QED) is 0.942. The smallest absolute Gasteiger partial charge is 0.341 e. The minimum atomic E-state index is -1.08. The van der Waals surface area contributed by atoms with Crippen LogP contribution in [0.25, 0.3) is 11.3 Å². The maximum Gasteiger partial charge on any atom is 0.341 e. The van der Waals surface area contributed by atoms with Gasteiger partial charge < -0.3 is 14.4 Å². The van der Waals surface area contributed by atoms with E-state index in [-0.39, 0.29) is 17.0 Å². The molecule has 6 heteroatoms. The van der Waals surface area contributed by atoms with Crippen LogP contribution in [-0.2, 0) is 0 Å². The van der Waals surface area contributed by atoms with Crippen LogP contribution in [0.1, 0.15) is 16.1 Å². The molecule has 0 saturated heterocycles. The topological polar surface area (TPSA) is 72.6 Å². The number of ether oxygens (including phenoxy) is 1. The Bertz CT molecular complexity index is 606. The lowest BCUT2D eigenvalue weighted by Crippen LogP contribution is -2.00. The lowest BCUT2D eigenvalue weighted by Gasteiger charge is -2.07. The zero-order valence-electron chi connectivity index (χ0n) is 9.73. The van der Waals surface area contributed by atoms with E-state index in [4.69, 9.17) is 9.26 Å². The summed E-state index contributed by atoms with van der Waals surface area (Å²) in [6.07, 6.45) is 0. The molecule has 0 fully saturated rings. The Morgan fingerprint density at radius 1 is 1.50 bits per heavy atom. The van der Waals surface area contributed by atoms with Crippen molar-refractivity contribution >= 4 is 21.9 Å². The number of hydrogen-bond acceptors (Lipinski definition) is 4. The minimum Gasteiger partial charge on any atom is -0.496 e. The molecule has 2 rings (SSSR count). The Morgan fingerprint density at radius 3 is 2.83 bits per heavy atom. The molecule has 1 aromatic carbocycles. The predicted molar refractivity (Wildman–Crippen MR) is 67.9 cm³/mol. The van der Waals surface area contributed by atoms with E-state index < -0.39 is 5.97 Å². The summed E-state index contributed by atoms with van der Waals surface area (Å²) in [4.78, 5) is 11.2. The number of methoxy groups -OCH3 is 1. The van der Waals surface area contributed by atoms with Crippen LogP contribution in [0.15, 0.2) is 27.2 Å². The van der Waals surface area contributed by atoms with E-state index in [2.05, 4.69) is 21.1 Å². The van der Waals surface area contributed by atoms with Crippen molar-refractivity contribution in [2.75, 3.05) is 7.11 Å². The zero-order valence-corrected chi connectivity index (χ0v) is 11.3. The number of aromatic nitrogens is 1. The highest BCUT2D eigenvalue weighted by molar-refractivity contribution is 9.10. The summed E-state index contributed by atoms with van der Waals surface area (Å²) in [6.45, 7) is 1.56. The molecule has 0 bridgehead atoms. The van der Waals surface area contributed by atoms with Gasteiger partial charge in [0.25, 0.3) is 0 Å². The van der Waals surface area contributed by atoms with Crippen molar-refractivity contribution < 1.29 is 19.2 Å². The standard InChI is InChI=1S/C12H10BrNO4/c1-6-10(12(15)16)11(14-18-6)8-5-7(13)3-4-9(8)17-2/h3-5H,1-2H3,(H,15,16). The molecule has 0 aliphatic rings. The average Bonchev–Trinajstić information content (AvgIpc) is 2.71. The molecule has 0 amide bonds. The molecule has 0 unspecified atom stereocenters. The summed E-state index contributed by atoms with van der Waals surface area (Å²) in [5.41, 5.74) is 0.880. The molecule has 0 saturated carbocycles. The molecule has 1 aromatic heterocycles. The summed E-state index contributed by atoms with van der Waals surface area (Å²) in [7, 11) is 1.51. The van der Waals surface area contributed by atoms with Gasteiger partial charge in [-0.2, -0.15) is 0 Å². The highest BCUT2D eigenvalue weighted by Gasteiger charge is 2.23. The first-order valence-electron chi connectivity index (χ1n) is 5.08. The number of aryl methyl sites for hydroxylation is 1. The van der Waals surface area contributed by atoms with Gasteiger partial charge in [0.15, 0.2) is 0 Å². The van der Waals surface area contributed by atoms with Gasteiger partial charge in [-0.15, -0.1) is 0 Å². The van der Waals surface area contributed by atoms with Gasteiger partial charge in [0.1, 0.15) is 22.8 Å². The molecule has 5 nitrogen and oxygen atoms in total. The third-order valence-corrected chi connectivity index (χ3v) is 2.99. The normalized spacial score (nSPS) is 10.4. The lowest BCUT2D eigenvalue weighted by molar-refractivity contribution is 0.0696. The Balaban J connectivity index is 2.69. The van der Waals surface area contributed by atoms with Gasteiger partial charge >= 0.3 is 5.97 Å². The Labute approximate surface area is 111 Å². The van der Waals surface area contributed by atoms with Crippen LogP contribution in [0.5, 0.6) is 5.75 Å². The highest BCUT2D eigenvalue weighted by Crippen LogP contribution is 2.34. The molecule has 94 valence electrons.